The van der Waals surface area contributed by atoms with Crippen molar-refractivity contribution in [2.24, 2.45) is 0 Å². The van der Waals surface area contributed by atoms with Crippen LogP contribution in [0.1, 0.15) is 12.8 Å². The zero-order valence-electron chi connectivity index (χ0n) is 7.81. The lowest BCUT2D eigenvalue weighted by Crippen LogP contribution is -2.19. The van der Waals surface area contributed by atoms with Crippen LogP contribution in [0.2, 0.25) is 0 Å². The lowest BCUT2D eigenvalue weighted by molar-refractivity contribution is -0.105. The highest BCUT2D eigenvalue weighted by atomic mass is 16.1. The number of nitrogens with one attached hydrogen (secondary N) is 1. The number of rotatable bonds is 3. The summed E-state index contributed by atoms with van der Waals surface area (Å²) in [6.45, 7) is 2.08. The van der Waals surface area contributed by atoms with Crippen LogP contribution in [-0.2, 0) is 4.79 Å². The Balaban J connectivity index is 2.16. The average Bonchev–Trinajstić information content (AvgIpc) is 2.71. The largest absolute Gasteiger partial charge is 0.356 e. The topological polar surface area (TPSA) is 58.1 Å². The van der Waals surface area contributed by atoms with Crippen LogP contribution in [0.15, 0.2) is 12.4 Å². The molecule has 0 unspecified atom stereocenters. The molecule has 1 aliphatic heterocycles. The summed E-state index contributed by atoms with van der Waals surface area (Å²) in [6, 6.07) is 1.79. The molecule has 1 aliphatic rings. The van der Waals surface area contributed by atoms with E-state index < -0.39 is 0 Å². The van der Waals surface area contributed by atoms with E-state index in [1.807, 2.05) is 0 Å². The van der Waals surface area contributed by atoms with Crippen molar-refractivity contribution in [2.75, 3.05) is 23.3 Å². The zero-order chi connectivity index (χ0) is 9.80. The third-order valence-corrected chi connectivity index (χ3v) is 2.29. The molecule has 0 aliphatic carbocycles. The molecule has 0 saturated carbocycles. The summed E-state index contributed by atoms with van der Waals surface area (Å²) >= 11 is 0. The first-order chi connectivity index (χ1) is 6.90. The first-order valence-corrected chi connectivity index (χ1v) is 4.67. The Bertz CT molecular complexity index is 322. The Hall–Kier alpha value is -1.65. The number of carbonyl (C=O) groups is 1. The molecule has 1 aromatic rings. The number of hydrogen-bond donors (Lipinski definition) is 1. The van der Waals surface area contributed by atoms with E-state index in [1.165, 1.54) is 19.2 Å². The van der Waals surface area contributed by atoms with Crippen molar-refractivity contribution in [2.45, 2.75) is 12.8 Å². The van der Waals surface area contributed by atoms with Crippen LogP contribution in [0, 0.1) is 0 Å². The van der Waals surface area contributed by atoms with Gasteiger partial charge in [-0.1, -0.05) is 0 Å². The number of hydrogen-bond acceptors (Lipinski definition) is 4. The summed E-state index contributed by atoms with van der Waals surface area (Å²) in [7, 11) is 0. The summed E-state index contributed by atoms with van der Waals surface area (Å²) in [4.78, 5) is 20.5. The van der Waals surface area contributed by atoms with Gasteiger partial charge in [0.2, 0.25) is 6.41 Å². The summed E-state index contributed by atoms with van der Waals surface area (Å²) in [5, 5.41) is 2.51. The molecule has 5 nitrogen and oxygen atoms in total. The lowest BCUT2D eigenvalue weighted by atomic mass is 10.4. The summed E-state index contributed by atoms with van der Waals surface area (Å²) in [6.07, 6.45) is 4.51. The van der Waals surface area contributed by atoms with E-state index in [0.717, 1.165) is 18.9 Å². The normalized spacial score (nSPS) is 15.6. The molecule has 5 heteroatoms. The first-order valence-electron chi connectivity index (χ1n) is 4.67. The van der Waals surface area contributed by atoms with Crippen molar-refractivity contribution >= 4 is 18.0 Å². The standard InChI is InChI=1S/C9H12N4O/c14-7-12-8-5-9(11-6-10-8)13-3-1-2-4-13/h5-7H,1-4H2,(H,10,11,12,14). The highest BCUT2D eigenvalue weighted by Crippen LogP contribution is 2.18. The van der Waals surface area contributed by atoms with Gasteiger partial charge in [0.1, 0.15) is 18.0 Å². The van der Waals surface area contributed by atoms with Gasteiger partial charge in [0, 0.05) is 19.2 Å². The van der Waals surface area contributed by atoms with E-state index in [1.54, 1.807) is 6.07 Å². The molecule has 14 heavy (non-hydrogen) atoms. The smallest absolute Gasteiger partial charge is 0.212 e. The van der Waals surface area contributed by atoms with E-state index in [4.69, 9.17) is 0 Å². The predicted molar refractivity (Wildman–Crippen MR) is 53.2 cm³/mol. The average molecular weight is 192 g/mol. The number of nitrogens with zero attached hydrogens (tertiary/aromatic N) is 3. The molecule has 74 valence electrons. The summed E-state index contributed by atoms with van der Waals surface area (Å²) < 4.78 is 0. The SMILES string of the molecule is O=CNc1cc(N2CCCC2)ncn1. The second kappa shape index (κ2) is 4.04. The fourth-order valence-corrected chi connectivity index (χ4v) is 1.61. The van der Waals surface area contributed by atoms with Gasteiger partial charge in [-0.2, -0.15) is 0 Å². The maximum atomic E-state index is 10.2. The molecular weight excluding hydrogens is 180 g/mol. The van der Waals surface area contributed by atoms with Gasteiger partial charge in [0.25, 0.3) is 0 Å². The van der Waals surface area contributed by atoms with Gasteiger partial charge in [-0.05, 0) is 12.8 Å². The Labute approximate surface area is 82.2 Å². The quantitative estimate of drug-likeness (QED) is 0.714. The summed E-state index contributed by atoms with van der Waals surface area (Å²) in [5.74, 6) is 1.44. The molecule has 1 fully saturated rings. The molecule has 0 bridgehead atoms. The zero-order valence-corrected chi connectivity index (χ0v) is 7.81. The van der Waals surface area contributed by atoms with Crippen LogP contribution < -0.4 is 10.2 Å². The van der Waals surface area contributed by atoms with Crippen LogP contribution in [-0.4, -0.2) is 29.5 Å². The van der Waals surface area contributed by atoms with Crippen molar-refractivity contribution in [3.05, 3.63) is 12.4 Å². The fourth-order valence-electron chi connectivity index (χ4n) is 1.61. The molecule has 0 atom stereocenters. The molecule has 1 amide bonds. The summed E-state index contributed by atoms with van der Waals surface area (Å²) in [5.41, 5.74) is 0. The van der Waals surface area contributed by atoms with E-state index in [0.29, 0.717) is 12.2 Å². The minimum atomic E-state index is 0.553. The predicted octanol–water partition coefficient (Wildman–Crippen LogP) is 0.645. The van der Waals surface area contributed by atoms with E-state index >= 15 is 0 Å². The third kappa shape index (κ3) is 1.81. The third-order valence-electron chi connectivity index (χ3n) is 2.29. The van der Waals surface area contributed by atoms with Crippen LogP contribution in [0.5, 0.6) is 0 Å². The maximum absolute atomic E-state index is 10.2. The lowest BCUT2D eigenvalue weighted by Gasteiger charge is -2.15. The van der Waals surface area contributed by atoms with Gasteiger partial charge in [0.05, 0.1) is 0 Å². The van der Waals surface area contributed by atoms with Gasteiger partial charge in [-0.25, -0.2) is 9.97 Å². The number of anilines is 2. The van der Waals surface area contributed by atoms with Crippen molar-refractivity contribution in [1.82, 2.24) is 9.97 Å². The first kappa shape index (κ1) is 8.93. The van der Waals surface area contributed by atoms with Gasteiger partial charge < -0.3 is 10.2 Å². The number of carbonyl (C=O) groups excluding carboxylic acids is 1. The molecule has 0 radical (unpaired) electrons. The molecule has 0 aromatic carbocycles. The van der Waals surface area contributed by atoms with Crippen molar-refractivity contribution < 1.29 is 4.79 Å². The molecule has 0 spiro atoms. The second-order valence-corrected chi connectivity index (χ2v) is 3.22. The Kier molecular flexibility index (Phi) is 2.58. The van der Waals surface area contributed by atoms with Crippen molar-refractivity contribution in [3.63, 3.8) is 0 Å². The second-order valence-electron chi connectivity index (χ2n) is 3.22. The molecule has 1 aromatic heterocycles. The number of amides is 1. The molecule has 2 heterocycles. The maximum Gasteiger partial charge on any atom is 0.212 e. The monoisotopic (exact) mass is 192 g/mol. The van der Waals surface area contributed by atoms with E-state index in [2.05, 4.69) is 20.2 Å². The highest BCUT2D eigenvalue weighted by molar-refractivity contribution is 5.69. The Morgan fingerprint density at radius 1 is 1.36 bits per heavy atom. The molecule has 1 saturated heterocycles. The minimum absolute atomic E-state index is 0.553. The molecule has 1 N–H and O–H groups in total. The van der Waals surface area contributed by atoms with Crippen LogP contribution in [0.25, 0.3) is 0 Å². The van der Waals surface area contributed by atoms with Crippen LogP contribution >= 0.6 is 0 Å². The highest BCUT2D eigenvalue weighted by Gasteiger charge is 2.13. The van der Waals surface area contributed by atoms with E-state index in [9.17, 15) is 4.79 Å². The molecule has 2 rings (SSSR count). The number of aromatic nitrogens is 2. The van der Waals surface area contributed by atoms with Crippen LogP contribution in [0.4, 0.5) is 11.6 Å². The Morgan fingerprint density at radius 3 is 2.86 bits per heavy atom. The van der Waals surface area contributed by atoms with Gasteiger partial charge in [-0.3, -0.25) is 4.79 Å². The van der Waals surface area contributed by atoms with Crippen molar-refractivity contribution in [3.8, 4) is 0 Å². The Morgan fingerprint density at radius 2 is 2.14 bits per heavy atom. The minimum Gasteiger partial charge on any atom is -0.356 e. The van der Waals surface area contributed by atoms with Gasteiger partial charge in [-0.15, -0.1) is 0 Å². The van der Waals surface area contributed by atoms with Crippen LogP contribution in [0.3, 0.4) is 0 Å². The fraction of sp³-hybridized carbons (Fsp3) is 0.444. The molecular formula is C9H12N4O. The van der Waals surface area contributed by atoms with Gasteiger partial charge in [0.15, 0.2) is 0 Å². The van der Waals surface area contributed by atoms with Crippen molar-refractivity contribution in [1.29, 1.82) is 0 Å². The van der Waals surface area contributed by atoms with E-state index in [-0.39, 0.29) is 0 Å². The van der Waals surface area contributed by atoms with Gasteiger partial charge >= 0.3 is 0 Å².